The van der Waals surface area contributed by atoms with Gasteiger partial charge < -0.3 is 15.3 Å². The second-order valence-corrected chi connectivity index (χ2v) is 7.05. The average molecular weight is 343 g/mol. The van der Waals surface area contributed by atoms with E-state index in [0.717, 1.165) is 12.8 Å². The van der Waals surface area contributed by atoms with Crippen LogP contribution >= 0.6 is 0 Å². The molecule has 4 unspecified atom stereocenters. The lowest BCUT2D eigenvalue weighted by molar-refractivity contribution is -0.140. The molecular formula is C20H38O4. The molecule has 0 aliphatic rings. The molecule has 0 amide bonds. The topological polar surface area (TPSA) is 77.8 Å². The standard InChI is InChI=1S/C20H38O4/c1-5-9-11-16(6-2)12-10-13-20(24,8-4)15-17(7-3)18(21)14-19(22)23/h10,13,16-18,21,24H,5-9,11-12,14-15H2,1-4H3,(H,22,23). The maximum atomic E-state index is 10.8. The minimum atomic E-state index is -1.00. The van der Waals surface area contributed by atoms with E-state index in [2.05, 4.69) is 19.9 Å². The number of unbranched alkanes of at least 4 members (excludes halogenated alkanes) is 1. The highest BCUT2D eigenvalue weighted by Crippen LogP contribution is 2.28. The van der Waals surface area contributed by atoms with E-state index in [4.69, 9.17) is 5.11 Å². The van der Waals surface area contributed by atoms with Gasteiger partial charge in [-0.15, -0.1) is 0 Å². The number of carbonyl (C=O) groups is 1. The summed E-state index contributed by atoms with van der Waals surface area (Å²) in [5.41, 5.74) is -0.969. The van der Waals surface area contributed by atoms with Crippen molar-refractivity contribution in [3.8, 4) is 0 Å². The number of rotatable bonds is 14. The Balaban J connectivity index is 4.73. The molecular weight excluding hydrogens is 304 g/mol. The molecule has 0 radical (unpaired) electrons. The summed E-state index contributed by atoms with van der Waals surface area (Å²) in [5, 5.41) is 29.7. The highest BCUT2D eigenvalue weighted by Gasteiger charge is 2.30. The summed E-state index contributed by atoms with van der Waals surface area (Å²) in [6.07, 6.45) is 10.2. The van der Waals surface area contributed by atoms with Crippen molar-refractivity contribution in [3.05, 3.63) is 12.2 Å². The molecule has 3 N–H and O–H groups in total. The Morgan fingerprint density at radius 3 is 2.29 bits per heavy atom. The van der Waals surface area contributed by atoms with Gasteiger partial charge in [0, 0.05) is 0 Å². The van der Waals surface area contributed by atoms with Gasteiger partial charge in [-0.1, -0.05) is 72.0 Å². The zero-order valence-electron chi connectivity index (χ0n) is 16.0. The number of aliphatic hydroxyl groups is 2. The summed E-state index contributed by atoms with van der Waals surface area (Å²) in [7, 11) is 0. The van der Waals surface area contributed by atoms with Gasteiger partial charge in [0.1, 0.15) is 0 Å². The van der Waals surface area contributed by atoms with Crippen LogP contribution in [-0.2, 0) is 4.79 Å². The fourth-order valence-corrected chi connectivity index (χ4v) is 3.14. The van der Waals surface area contributed by atoms with Gasteiger partial charge in [0.2, 0.25) is 0 Å². The molecule has 0 rings (SSSR count). The number of aliphatic carboxylic acids is 1. The van der Waals surface area contributed by atoms with Gasteiger partial charge in [0.05, 0.1) is 18.1 Å². The van der Waals surface area contributed by atoms with Crippen molar-refractivity contribution in [2.24, 2.45) is 11.8 Å². The normalized spacial score (nSPS) is 18.2. The van der Waals surface area contributed by atoms with Crippen molar-refractivity contribution < 1.29 is 20.1 Å². The van der Waals surface area contributed by atoms with E-state index in [9.17, 15) is 15.0 Å². The van der Waals surface area contributed by atoms with E-state index in [1.165, 1.54) is 19.3 Å². The Morgan fingerprint density at radius 2 is 1.83 bits per heavy atom. The maximum Gasteiger partial charge on any atom is 0.305 e. The van der Waals surface area contributed by atoms with Gasteiger partial charge in [-0.25, -0.2) is 0 Å². The van der Waals surface area contributed by atoms with E-state index < -0.39 is 17.7 Å². The molecule has 0 aromatic rings. The summed E-state index contributed by atoms with van der Waals surface area (Å²) < 4.78 is 0. The number of hydrogen-bond acceptors (Lipinski definition) is 3. The Hall–Kier alpha value is -0.870. The van der Waals surface area contributed by atoms with Gasteiger partial charge in [0.15, 0.2) is 0 Å². The molecule has 0 spiro atoms. The summed E-state index contributed by atoms with van der Waals surface area (Å²) >= 11 is 0. The largest absolute Gasteiger partial charge is 0.481 e. The summed E-state index contributed by atoms with van der Waals surface area (Å²) in [6.45, 7) is 8.25. The third-order valence-corrected chi connectivity index (χ3v) is 5.12. The average Bonchev–Trinajstić information content (AvgIpc) is 2.55. The first-order valence-electron chi connectivity index (χ1n) is 9.61. The van der Waals surface area contributed by atoms with Crippen LogP contribution in [0.1, 0.15) is 85.5 Å². The molecule has 0 fully saturated rings. The van der Waals surface area contributed by atoms with Crippen LogP contribution < -0.4 is 0 Å². The third kappa shape index (κ3) is 9.43. The highest BCUT2D eigenvalue weighted by atomic mass is 16.4. The number of aliphatic hydroxyl groups excluding tert-OH is 1. The maximum absolute atomic E-state index is 10.8. The molecule has 4 heteroatoms. The van der Waals surface area contributed by atoms with Gasteiger partial charge >= 0.3 is 5.97 Å². The SMILES string of the molecule is CCCCC(CC)CC=CC(O)(CC)CC(CC)C(O)CC(=O)O. The van der Waals surface area contributed by atoms with Gasteiger partial charge in [-0.3, -0.25) is 4.79 Å². The molecule has 0 saturated heterocycles. The lowest BCUT2D eigenvalue weighted by Crippen LogP contribution is -2.34. The molecule has 0 aromatic heterocycles. The third-order valence-electron chi connectivity index (χ3n) is 5.12. The van der Waals surface area contributed by atoms with Crippen LogP contribution in [0.5, 0.6) is 0 Å². The quantitative estimate of drug-likeness (QED) is 0.405. The van der Waals surface area contributed by atoms with Crippen molar-refractivity contribution in [1.82, 2.24) is 0 Å². The number of carboxylic acids is 1. The minimum Gasteiger partial charge on any atom is -0.481 e. The predicted molar refractivity (Wildman–Crippen MR) is 99.0 cm³/mol. The van der Waals surface area contributed by atoms with Crippen LogP contribution in [-0.4, -0.2) is 33.0 Å². The molecule has 0 heterocycles. The summed E-state index contributed by atoms with van der Waals surface area (Å²) in [6, 6.07) is 0. The highest BCUT2D eigenvalue weighted by molar-refractivity contribution is 5.67. The van der Waals surface area contributed by atoms with Gasteiger partial charge in [-0.2, -0.15) is 0 Å². The molecule has 0 bridgehead atoms. The Kier molecular flexibility index (Phi) is 12.0. The Morgan fingerprint density at radius 1 is 1.17 bits per heavy atom. The summed E-state index contributed by atoms with van der Waals surface area (Å²) in [5.74, 6) is -0.558. The van der Waals surface area contributed by atoms with Crippen molar-refractivity contribution in [1.29, 1.82) is 0 Å². The first-order chi connectivity index (χ1) is 11.3. The van der Waals surface area contributed by atoms with Gasteiger partial charge in [-0.05, 0) is 31.1 Å². The molecule has 4 atom stereocenters. The second kappa shape index (κ2) is 12.5. The molecule has 4 nitrogen and oxygen atoms in total. The monoisotopic (exact) mass is 342 g/mol. The smallest absolute Gasteiger partial charge is 0.305 e. The van der Waals surface area contributed by atoms with Crippen molar-refractivity contribution in [3.63, 3.8) is 0 Å². The molecule has 142 valence electrons. The number of hydrogen-bond donors (Lipinski definition) is 3. The van der Waals surface area contributed by atoms with Crippen LogP contribution in [0.3, 0.4) is 0 Å². The lowest BCUT2D eigenvalue weighted by Gasteiger charge is -2.30. The van der Waals surface area contributed by atoms with Crippen LogP contribution in [0.4, 0.5) is 0 Å². The van der Waals surface area contributed by atoms with E-state index in [0.29, 0.717) is 25.2 Å². The van der Waals surface area contributed by atoms with Crippen molar-refractivity contribution >= 4 is 5.97 Å². The predicted octanol–water partition coefficient (Wildman–Crippen LogP) is 4.54. The minimum absolute atomic E-state index is 0.210. The molecule has 0 aliphatic heterocycles. The van der Waals surface area contributed by atoms with Crippen LogP contribution in [0.15, 0.2) is 12.2 Å². The summed E-state index contributed by atoms with van der Waals surface area (Å²) in [4.78, 5) is 10.8. The Labute approximate surface area is 148 Å². The van der Waals surface area contributed by atoms with E-state index >= 15 is 0 Å². The van der Waals surface area contributed by atoms with Crippen LogP contribution in [0.25, 0.3) is 0 Å². The zero-order chi connectivity index (χ0) is 18.6. The number of carboxylic acid groups (broad SMARTS) is 1. The molecule has 0 aliphatic carbocycles. The van der Waals surface area contributed by atoms with E-state index in [1.807, 2.05) is 19.9 Å². The van der Waals surface area contributed by atoms with E-state index in [-0.39, 0.29) is 12.3 Å². The van der Waals surface area contributed by atoms with Crippen LogP contribution in [0.2, 0.25) is 0 Å². The van der Waals surface area contributed by atoms with Crippen molar-refractivity contribution in [2.75, 3.05) is 0 Å². The Bertz CT molecular complexity index is 367. The van der Waals surface area contributed by atoms with Crippen molar-refractivity contribution in [2.45, 2.75) is 97.2 Å². The second-order valence-electron chi connectivity index (χ2n) is 7.05. The van der Waals surface area contributed by atoms with Crippen LogP contribution in [0, 0.1) is 11.8 Å². The molecule has 0 saturated carbocycles. The first-order valence-corrected chi connectivity index (χ1v) is 9.61. The molecule has 0 aromatic carbocycles. The fourth-order valence-electron chi connectivity index (χ4n) is 3.14. The first kappa shape index (κ1) is 23.1. The lowest BCUT2D eigenvalue weighted by atomic mass is 9.82. The van der Waals surface area contributed by atoms with Gasteiger partial charge in [0.25, 0.3) is 0 Å². The fraction of sp³-hybridized carbons (Fsp3) is 0.850. The number of allylic oxidation sites excluding steroid dienone is 1. The van der Waals surface area contributed by atoms with E-state index in [1.54, 1.807) is 0 Å². The zero-order valence-corrected chi connectivity index (χ0v) is 16.0. The molecule has 24 heavy (non-hydrogen) atoms.